The molecule has 0 radical (unpaired) electrons. The zero-order valence-electron chi connectivity index (χ0n) is 10.3. The third-order valence-corrected chi connectivity index (χ3v) is 2.93. The minimum absolute atomic E-state index is 0.0587. The molecule has 0 aromatic rings. The first-order chi connectivity index (χ1) is 7.58. The number of ketones is 1. The Morgan fingerprint density at radius 3 is 2.69 bits per heavy atom. The number of amides is 1. The molecule has 16 heavy (non-hydrogen) atoms. The molecule has 0 spiro atoms. The average molecular weight is 226 g/mol. The number of Topliss-reactive ketones (excluding diaryl/α,β-unsaturated/α-hetero) is 1. The summed E-state index contributed by atoms with van der Waals surface area (Å²) >= 11 is 0. The summed E-state index contributed by atoms with van der Waals surface area (Å²) in [5.74, 6) is 0.334. The van der Waals surface area contributed by atoms with Crippen molar-refractivity contribution in [3.8, 4) is 0 Å². The van der Waals surface area contributed by atoms with E-state index in [9.17, 15) is 9.59 Å². The van der Waals surface area contributed by atoms with Crippen LogP contribution < -0.4 is 5.32 Å². The van der Waals surface area contributed by atoms with Crippen LogP contribution in [0.3, 0.4) is 0 Å². The fraction of sp³-hybridized carbons (Fsp3) is 0.833. The molecule has 0 aromatic heterocycles. The highest BCUT2D eigenvalue weighted by atomic mass is 16.1. The molecule has 4 nitrogen and oxygen atoms in total. The van der Waals surface area contributed by atoms with Crippen molar-refractivity contribution in [1.82, 2.24) is 10.2 Å². The van der Waals surface area contributed by atoms with Gasteiger partial charge in [0.05, 0.1) is 0 Å². The van der Waals surface area contributed by atoms with Gasteiger partial charge in [-0.2, -0.15) is 0 Å². The van der Waals surface area contributed by atoms with Gasteiger partial charge < -0.3 is 15.0 Å². The van der Waals surface area contributed by atoms with E-state index in [1.807, 2.05) is 0 Å². The third-order valence-electron chi connectivity index (χ3n) is 2.93. The monoisotopic (exact) mass is 226 g/mol. The third kappa shape index (κ3) is 5.26. The second-order valence-corrected chi connectivity index (χ2v) is 4.65. The largest absolute Gasteiger partial charge is 0.352 e. The Bertz CT molecular complexity index is 253. The van der Waals surface area contributed by atoms with Crippen molar-refractivity contribution in [3.63, 3.8) is 0 Å². The van der Waals surface area contributed by atoms with Crippen molar-refractivity contribution in [2.45, 2.75) is 45.6 Å². The highest BCUT2D eigenvalue weighted by molar-refractivity contribution is 5.75. The summed E-state index contributed by atoms with van der Waals surface area (Å²) in [7, 11) is 0. The first-order valence-corrected chi connectivity index (χ1v) is 6.07. The maximum atomic E-state index is 10.9. The Kier molecular flexibility index (Phi) is 5.46. The molecule has 92 valence electrons. The van der Waals surface area contributed by atoms with Crippen LogP contribution in [0.4, 0.5) is 0 Å². The molecular formula is C12H22N2O2. The van der Waals surface area contributed by atoms with E-state index >= 15 is 0 Å². The molecule has 1 rings (SSSR count). The lowest BCUT2D eigenvalue weighted by atomic mass is 10.2. The van der Waals surface area contributed by atoms with Crippen molar-refractivity contribution < 1.29 is 9.59 Å². The van der Waals surface area contributed by atoms with Crippen molar-refractivity contribution in [3.05, 3.63) is 0 Å². The summed E-state index contributed by atoms with van der Waals surface area (Å²) in [4.78, 5) is 24.0. The SMILES string of the molecule is CC(=O)CCCCN1CCC(NC(C)=O)C1. The number of carbonyl (C=O) groups is 2. The molecule has 1 saturated heterocycles. The average Bonchev–Trinajstić information content (AvgIpc) is 2.59. The van der Waals surface area contributed by atoms with Crippen LogP contribution >= 0.6 is 0 Å². The van der Waals surface area contributed by atoms with E-state index in [1.165, 1.54) is 0 Å². The Labute approximate surface area is 97.4 Å². The minimum atomic E-state index is 0.0587. The standard InChI is InChI=1S/C12H22N2O2/c1-10(15)5-3-4-7-14-8-6-12(9-14)13-11(2)16/h12H,3-9H2,1-2H3,(H,13,16). The van der Waals surface area contributed by atoms with Crippen molar-refractivity contribution in [2.75, 3.05) is 19.6 Å². The van der Waals surface area contributed by atoms with Crippen LogP contribution in [0.25, 0.3) is 0 Å². The van der Waals surface area contributed by atoms with Gasteiger partial charge in [-0.25, -0.2) is 0 Å². The molecule has 1 amide bonds. The molecule has 1 aliphatic rings. The number of unbranched alkanes of at least 4 members (excludes halogenated alkanes) is 1. The van der Waals surface area contributed by atoms with E-state index in [0.717, 1.165) is 38.9 Å². The zero-order chi connectivity index (χ0) is 12.0. The van der Waals surface area contributed by atoms with Crippen molar-refractivity contribution in [2.24, 2.45) is 0 Å². The van der Waals surface area contributed by atoms with Crippen LogP contribution in [0.1, 0.15) is 39.5 Å². The molecule has 1 heterocycles. The van der Waals surface area contributed by atoms with Crippen LogP contribution in [0.5, 0.6) is 0 Å². The predicted octanol–water partition coefficient (Wildman–Crippen LogP) is 0.956. The lowest BCUT2D eigenvalue weighted by Gasteiger charge is -2.15. The van der Waals surface area contributed by atoms with E-state index in [4.69, 9.17) is 0 Å². The smallest absolute Gasteiger partial charge is 0.217 e. The van der Waals surface area contributed by atoms with Gasteiger partial charge in [0, 0.05) is 32.5 Å². The Morgan fingerprint density at radius 1 is 1.31 bits per heavy atom. The van der Waals surface area contributed by atoms with E-state index in [-0.39, 0.29) is 11.7 Å². The lowest BCUT2D eigenvalue weighted by Crippen LogP contribution is -2.35. The Balaban J connectivity index is 2.07. The summed E-state index contributed by atoms with van der Waals surface area (Å²) in [5.41, 5.74) is 0. The molecule has 0 saturated carbocycles. The van der Waals surface area contributed by atoms with Gasteiger partial charge in [-0.05, 0) is 32.7 Å². The second kappa shape index (κ2) is 6.63. The van der Waals surface area contributed by atoms with Crippen LogP contribution in [0, 0.1) is 0 Å². The van der Waals surface area contributed by atoms with Gasteiger partial charge >= 0.3 is 0 Å². The quantitative estimate of drug-likeness (QED) is 0.686. The molecule has 0 aromatic carbocycles. The fourth-order valence-electron chi connectivity index (χ4n) is 2.15. The van der Waals surface area contributed by atoms with E-state index in [0.29, 0.717) is 12.5 Å². The summed E-state index contributed by atoms with van der Waals surface area (Å²) in [5, 5.41) is 2.95. The first-order valence-electron chi connectivity index (χ1n) is 6.07. The number of rotatable bonds is 6. The molecule has 0 aliphatic carbocycles. The summed E-state index contributed by atoms with van der Waals surface area (Å²) in [6.07, 6.45) is 3.80. The normalized spacial score (nSPS) is 21.0. The van der Waals surface area contributed by atoms with Crippen molar-refractivity contribution in [1.29, 1.82) is 0 Å². The Morgan fingerprint density at radius 2 is 2.06 bits per heavy atom. The molecule has 1 aliphatic heterocycles. The summed E-state index contributed by atoms with van der Waals surface area (Å²) in [6, 6.07) is 0.324. The highest BCUT2D eigenvalue weighted by Crippen LogP contribution is 2.10. The van der Waals surface area contributed by atoms with Crippen molar-refractivity contribution >= 4 is 11.7 Å². The number of nitrogens with zero attached hydrogens (tertiary/aromatic N) is 1. The van der Waals surface area contributed by atoms with E-state index in [1.54, 1.807) is 13.8 Å². The summed E-state index contributed by atoms with van der Waals surface area (Å²) in [6.45, 7) is 6.27. The van der Waals surface area contributed by atoms with E-state index in [2.05, 4.69) is 10.2 Å². The number of hydrogen-bond donors (Lipinski definition) is 1. The van der Waals surface area contributed by atoms with Gasteiger partial charge in [0.15, 0.2) is 0 Å². The number of hydrogen-bond acceptors (Lipinski definition) is 3. The number of nitrogens with one attached hydrogen (secondary N) is 1. The molecule has 0 bridgehead atoms. The molecule has 4 heteroatoms. The van der Waals surface area contributed by atoms with Gasteiger partial charge in [-0.3, -0.25) is 4.79 Å². The van der Waals surface area contributed by atoms with Gasteiger partial charge in [0.25, 0.3) is 0 Å². The van der Waals surface area contributed by atoms with Gasteiger partial charge in [-0.15, -0.1) is 0 Å². The highest BCUT2D eigenvalue weighted by Gasteiger charge is 2.22. The molecule has 1 atom stereocenters. The van der Waals surface area contributed by atoms with E-state index < -0.39 is 0 Å². The number of carbonyl (C=O) groups excluding carboxylic acids is 2. The van der Waals surface area contributed by atoms with Gasteiger partial charge in [0.2, 0.25) is 5.91 Å². The van der Waals surface area contributed by atoms with Crippen LogP contribution in [-0.4, -0.2) is 42.3 Å². The summed E-state index contributed by atoms with van der Waals surface area (Å²) < 4.78 is 0. The van der Waals surface area contributed by atoms with Crippen LogP contribution in [0.15, 0.2) is 0 Å². The topological polar surface area (TPSA) is 49.4 Å². The zero-order valence-corrected chi connectivity index (χ0v) is 10.3. The first kappa shape index (κ1) is 13.2. The maximum Gasteiger partial charge on any atom is 0.217 e. The Hall–Kier alpha value is -0.900. The van der Waals surface area contributed by atoms with Crippen LogP contribution in [-0.2, 0) is 9.59 Å². The molecule has 1 N–H and O–H groups in total. The second-order valence-electron chi connectivity index (χ2n) is 4.65. The maximum absolute atomic E-state index is 10.9. The lowest BCUT2D eigenvalue weighted by molar-refractivity contribution is -0.119. The molecule has 1 unspecified atom stereocenters. The fourth-order valence-corrected chi connectivity index (χ4v) is 2.15. The van der Waals surface area contributed by atoms with Crippen LogP contribution in [0.2, 0.25) is 0 Å². The van der Waals surface area contributed by atoms with Gasteiger partial charge in [-0.1, -0.05) is 0 Å². The molecule has 1 fully saturated rings. The minimum Gasteiger partial charge on any atom is -0.352 e. The number of likely N-dealkylation sites (tertiary alicyclic amines) is 1. The van der Waals surface area contributed by atoms with Gasteiger partial charge in [0.1, 0.15) is 5.78 Å². The predicted molar refractivity (Wildman–Crippen MR) is 63.2 cm³/mol. The molecular weight excluding hydrogens is 204 g/mol.